The van der Waals surface area contributed by atoms with E-state index in [1.54, 1.807) is 0 Å². The minimum absolute atomic E-state index is 0.0642. The van der Waals surface area contributed by atoms with Gasteiger partial charge in [0.05, 0.1) is 6.42 Å². The maximum Gasteiger partial charge on any atom is 0.224 e. The summed E-state index contributed by atoms with van der Waals surface area (Å²) >= 11 is 0. The zero-order valence-electron chi connectivity index (χ0n) is 11.9. The van der Waals surface area contributed by atoms with Crippen molar-refractivity contribution in [1.29, 1.82) is 0 Å². The van der Waals surface area contributed by atoms with E-state index in [9.17, 15) is 9.59 Å². The van der Waals surface area contributed by atoms with E-state index in [2.05, 4.69) is 10.6 Å². The first-order chi connectivity index (χ1) is 9.58. The van der Waals surface area contributed by atoms with E-state index in [4.69, 9.17) is 5.73 Å². The zero-order valence-corrected chi connectivity index (χ0v) is 11.9. The average molecular weight is 277 g/mol. The van der Waals surface area contributed by atoms with Crippen LogP contribution in [0.2, 0.25) is 0 Å². The first-order valence-corrected chi connectivity index (χ1v) is 6.91. The van der Waals surface area contributed by atoms with Gasteiger partial charge in [0, 0.05) is 25.6 Å². The van der Waals surface area contributed by atoms with Crippen LogP contribution in [-0.2, 0) is 16.0 Å². The fourth-order valence-electron chi connectivity index (χ4n) is 1.69. The predicted octanol–water partition coefficient (Wildman–Crippen LogP) is 0.589. The Morgan fingerprint density at radius 3 is 2.40 bits per heavy atom. The molecule has 0 bridgehead atoms. The highest BCUT2D eigenvalue weighted by molar-refractivity contribution is 5.80. The third kappa shape index (κ3) is 7.53. The number of carbonyl (C=O) groups is 2. The molecule has 1 atom stereocenters. The van der Waals surface area contributed by atoms with Gasteiger partial charge in [-0.1, -0.05) is 30.3 Å². The van der Waals surface area contributed by atoms with Crippen LogP contribution in [0.5, 0.6) is 0 Å². The number of hydrogen-bond acceptors (Lipinski definition) is 3. The molecule has 1 aromatic rings. The van der Waals surface area contributed by atoms with Gasteiger partial charge in [0.15, 0.2) is 0 Å². The van der Waals surface area contributed by atoms with Crippen molar-refractivity contribution in [2.24, 2.45) is 5.73 Å². The molecule has 0 saturated carbocycles. The highest BCUT2D eigenvalue weighted by Crippen LogP contribution is 1.98. The number of carbonyl (C=O) groups excluding carboxylic acids is 2. The SMILES string of the molecule is CC(N)CCNC(=O)CCNC(=O)Cc1ccccc1. The van der Waals surface area contributed by atoms with Crippen molar-refractivity contribution < 1.29 is 9.59 Å². The van der Waals surface area contributed by atoms with Gasteiger partial charge in [-0.25, -0.2) is 0 Å². The molecule has 0 radical (unpaired) electrons. The second-order valence-corrected chi connectivity index (χ2v) is 4.88. The molecule has 0 aliphatic rings. The molecule has 0 aliphatic carbocycles. The Morgan fingerprint density at radius 2 is 1.75 bits per heavy atom. The molecule has 2 amide bonds. The second kappa shape index (κ2) is 9.09. The Bertz CT molecular complexity index is 418. The maximum atomic E-state index is 11.6. The highest BCUT2D eigenvalue weighted by Gasteiger charge is 2.05. The van der Waals surface area contributed by atoms with Crippen molar-refractivity contribution in [2.75, 3.05) is 13.1 Å². The lowest BCUT2D eigenvalue weighted by Gasteiger charge is -2.08. The molecule has 0 heterocycles. The molecule has 5 nitrogen and oxygen atoms in total. The summed E-state index contributed by atoms with van der Waals surface area (Å²) in [7, 11) is 0. The largest absolute Gasteiger partial charge is 0.356 e. The minimum Gasteiger partial charge on any atom is -0.356 e. The van der Waals surface area contributed by atoms with Crippen molar-refractivity contribution in [3.05, 3.63) is 35.9 Å². The maximum absolute atomic E-state index is 11.6. The molecule has 0 aromatic heterocycles. The van der Waals surface area contributed by atoms with Gasteiger partial charge < -0.3 is 16.4 Å². The van der Waals surface area contributed by atoms with Gasteiger partial charge in [0.1, 0.15) is 0 Å². The van der Waals surface area contributed by atoms with Gasteiger partial charge in [-0.15, -0.1) is 0 Å². The first kappa shape index (κ1) is 16.2. The van der Waals surface area contributed by atoms with Crippen LogP contribution in [0.25, 0.3) is 0 Å². The summed E-state index contributed by atoms with van der Waals surface area (Å²) in [6, 6.07) is 9.60. The molecule has 1 rings (SSSR count). The Labute approximate surface area is 119 Å². The normalized spacial score (nSPS) is 11.7. The standard InChI is InChI=1S/C15H23N3O2/c1-12(16)7-9-17-14(19)8-10-18-15(20)11-13-5-3-2-4-6-13/h2-6,12H,7-11,16H2,1H3,(H,17,19)(H,18,20). The molecule has 4 N–H and O–H groups in total. The fraction of sp³-hybridized carbons (Fsp3) is 0.467. The number of nitrogens with one attached hydrogen (secondary N) is 2. The van der Waals surface area contributed by atoms with Gasteiger partial charge in [0.2, 0.25) is 11.8 Å². The molecule has 5 heteroatoms. The lowest BCUT2D eigenvalue weighted by Crippen LogP contribution is -2.33. The number of amides is 2. The van der Waals surface area contributed by atoms with Crippen LogP contribution in [0.1, 0.15) is 25.3 Å². The predicted molar refractivity (Wildman–Crippen MR) is 79.0 cm³/mol. The molecule has 20 heavy (non-hydrogen) atoms. The Kier molecular flexibility index (Phi) is 7.35. The van der Waals surface area contributed by atoms with Crippen LogP contribution < -0.4 is 16.4 Å². The van der Waals surface area contributed by atoms with Crippen LogP contribution >= 0.6 is 0 Å². The summed E-state index contributed by atoms with van der Waals surface area (Å²) < 4.78 is 0. The third-order valence-corrected chi connectivity index (χ3v) is 2.80. The summed E-state index contributed by atoms with van der Waals surface area (Å²) in [4.78, 5) is 23.1. The third-order valence-electron chi connectivity index (χ3n) is 2.80. The molecule has 0 aliphatic heterocycles. The van der Waals surface area contributed by atoms with Crippen molar-refractivity contribution in [3.8, 4) is 0 Å². The van der Waals surface area contributed by atoms with Crippen LogP contribution in [0, 0.1) is 0 Å². The fourth-order valence-corrected chi connectivity index (χ4v) is 1.69. The van der Waals surface area contributed by atoms with E-state index in [1.807, 2.05) is 37.3 Å². The molecule has 0 spiro atoms. The topological polar surface area (TPSA) is 84.2 Å². The van der Waals surface area contributed by atoms with E-state index in [0.29, 0.717) is 25.9 Å². The summed E-state index contributed by atoms with van der Waals surface area (Å²) in [5.74, 6) is -0.134. The Hall–Kier alpha value is -1.88. The number of rotatable bonds is 8. The van der Waals surface area contributed by atoms with Crippen molar-refractivity contribution >= 4 is 11.8 Å². The summed E-state index contributed by atoms with van der Waals surface area (Å²) in [5.41, 5.74) is 6.55. The monoisotopic (exact) mass is 277 g/mol. The molecule has 110 valence electrons. The van der Waals surface area contributed by atoms with E-state index in [1.165, 1.54) is 0 Å². The lowest BCUT2D eigenvalue weighted by molar-refractivity contribution is -0.122. The van der Waals surface area contributed by atoms with Crippen molar-refractivity contribution in [3.63, 3.8) is 0 Å². The summed E-state index contributed by atoms with van der Waals surface area (Å²) in [6.45, 7) is 2.83. The summed E-state index contributed by atoms with van der Waals surface area (Å²) in [5, 5.41) is 5.50. The first-order valence-electron chi connectivity index (χ1n) is 6.91. The molecule has 1 unspecified atom stereocenters. The average Bonchev–Trinajstić information content (AvgIpc) is 2.39. The van der Waals surface area contributed by atoms with E-state index in [-0.39, 0.29) is 17.9 Å². The van der Waals surface area contributed by atoms with E-state index >= 15 is 0 Å². The van der Waals surface area contributed by atoms with E-state index < -0.39 is 0 Å². The quantitative estimate of drug-likeness (QED) is 0.650. The van der Waals surface area contributed by atoms with Crippen LogP contribution in [0.3, 0.4) is 0 Å². The second-order valence-electron chi connectivity index (χ2n) is 4.88. The number of benzene rings is 1. The number of nitrogens with two attached hydrogens (primary N) is 1. The van der Waals surface area contributed by atoms with Crippen LogP contribution in [0.15, 0.2) is 30.3 Å². The Morgan fingerprint density at radius 1 is 1.10 bits per heavy atom. The van der Waals surface area contributed by atoms with Gasteiger partial charge in [-0.3, -0.25) is 9.59 Å². The molecule has 0 saturated heterocycles. The van der Waals surface area contributed by atoms with Gasteiger partial charge in [-0.05, 0) is 18.9 Å². The van der Waals surface area contributed by atoms with E-state index in [0.717, 1.165) is 12.0 Å². The lowest BCUT2D eigenvalue weighted by atomic mass is 10.1. The van der Waals surface area contributed by atoms with Crippen molar-refractivity contribution in [2.45, 2.75) is 32.2 Å². The van der Waals surface area contributed by atoms with Crippen LogP contribution in [0.4, 0.5) is 0 Å². The van der Waals surface area contributed by atoms with Gasteiger partial charge in [-0.2, -0.15) is 0 Å². The van der Waals surface area contributed by atoms with Crippen LogP contribution in [-0.4, -0.2) is 30.9 Å². The molecule has 0 fully saturated rings. The number of hydrogen-bond donors (Lipinski definition) is 3. The van der Waals surface area contributed by atoms with Crippen molar-refractivity contribution in [1.82, 2.24) is 10.6 Å². The minimum atomic E-state index is -0.0698. The molecular weight excluding hydrogens is 254 g/mol. The molecule has 1 aromatic carbocycles. The smallest absolute Gasteiger partial charge is 0.224 e. The summed E-state index contributed by atoms with van der Waals surface area (Å²) in [6.07, 6.45) is 1.39. The van der Waals surface area contributed by atoms with Gasteiger partial charge in [0.25, 0.3) is 0 Å². The highest BCUT2D eigenvalue weighted by atomic mass is 16.2. The Balaban J connectivity index is 2.11. The van der Waals surface area contributed by atoms with Gasteiger partial charge >= 0.3 is 0 Å². The molecular formula is C15H23N3O2. The zero-order chi connectivity index (χ0) is 14.8.